The van der Waals surface area contributed by atoms with Crippen molar-refractivity contribution in [3.8, 4) is 0 Å². The zero-order valence-electron chi connectivity index (χ0n) is 6.41. The fourth-order valence-corrected chi connectivity index (χ4v) is 1.50. The van der Waals surface area contributed by atoms with Crippen LogP contribution >= 0.6 is 0 Å². The van der Waals surface area contributed by atoms with Crippen molar-refractivity contribution < 1.29 is 13.0 Å². The van der Waals surface area contributed by atoms with Crippen LogP contribution in [0.25, 0.3) is 0 Å². The van der Waals surface area contributed by atoms with Crippen LogP contribution in [0.15, 0.2) is 0 Å². The fourth-order valence-electron chi connectivity index (χ4n) is 0.868. The van der Waals surface area contributed by atoms with Gasteiger partial charge < -0.3 is 16.0 Å². The van der Waals surface area contributed by atoms with Crippen LogP contribution in [0, 0.1) is 0 Å². The molecule has 11 heavy (non-hydrogen) atoms. The molecule has 0 aliphatic carbocycles. The Balaban J connectivity index is 0.000001000. The monoisotopic (exact) mass is 183 g/mol. The van der Waals surface area contributed by atoms with Crippen molar-refractivity contribution in [2.75, 3.05) is 26.2 Å². The summed E-state index contributed by atoms with van der Waals surface area (Å²) >= 11 is 0. The summed E-state index contributed by atoms with van der Waals surface area (Å²) in [6, 6.07) is 0. The summed E-state index contributed by atoms with van der Waals surface area (Å²) in [6.07, 6.45) is 0. The average Bonchev–Trinajstić information content (AvgIpc) is 1.88. The molecule has 7 heteroatoms. The molecule has 0 atom stereocenters. The lowest BCUT2D eigenvalue weighted by atomic mass is 10.4. The second-order valence-corrected chi connectivity index (χ2v) is 3.48. The van der Waals surface area contributed by atoms with E-state index in [1.54, 1.807) is 0 Å². The Morgan fingerprint density at radius 2 is 1.73 bits per heavy atom. The first-order chi connectivity index (χ1) is 4.61. The van der Waals surface area contributed by atoms with E-state index in [1.807, 2.05) is 0 Å². The molecule has 1 aliphatic rings. The smallest absolute Gasteiger partial charge is 0.162 e. The summed E-state index contributed by atoms with van der Waals surface area (Å²) in [4.78, 5) is 0. The topological polar surface area (TPSA) is 109 Å². The molecule has 0 unspecified atom stereocenters. The highest BCUT2D eigenvalue weighted by molar-refractivity contribution is 7.83. The summed E-state index contributed by atoms with van der Waals surface area (Å²) < 4.78 is 31.9. The summed E-state index contributed by atoms with van der Waals surface area (Å²) in [5.74, 6) is 0. The predicted molar refractivity (Wildman–Crippen MR) is 40.1 cm³/mol. The Bertz CT molecular complexity index is 197. The van der Waals surface area contributed by atoms with Gasteiger partial charge in [0, 0.05) is 26.2 Å². The minimum atomic E-state index is -4.18. The van der Waals surface area contributed by atoms with Gasteiger partial charge in [-0.05, 0) is 0 Å². The van der Waals surface area contributed by atoms with Gasteiger partial charge in [-0.25, -0.2) is 12.7 Å². The van der Waals surface area contributed by atoms with Crippen molar-refractivity contribution in [1.82, 2.24) is 15.8 Å². The largest absolute Gasteiger partial charge is 0.735 e. The lowest BCUT2D eigenvalue weighted by Gasteiger charge is -2.28. The molecule has 0 bridgehead atoms. The van der Waals surface area contributed by atoms with E-state index in [2.05, 4.69) is 5.32 Å². The normalized spacial score (nSPS) is 20.8. The van der Waals surface area contributed by atoms with Crippen LogP contribution < -0.4 is 11.5 Å². The number of nitrogens with zero attached hydrogens (tertiary/aromatic N) is 1. The van der Waals surface area contributed by atoms with Gasteiger partial charge in [0.15, 0.2) is 10.3 Å². The number of hydrogen-bond donors (Lipinski definition) is 2. The molecule has 1 saturated heterocycles. The number of nitrogens with one attached hydrogen (secondary N) is 1. The molecule has 0 aromatic carbocycles. The quantitative estimate of drug-likeness (QED) is 0.494. The Morgan fingerprint density at radius 3 is 2.00 bits per heavy atom. The van der Waals surface area contributed by atoms with Crippen molar-refractivity contribution in [3.63, 3.8) is 0 Å². The van der Waals surface area contributed by atoms with E-state index in [-0.39, 0.29) is 6.15 Å². The molecule has 0 aromatic rings. The minimum Gasteiger partial charge on any atom is -0.735 e. The molecule has 5 N–H and O–H groups in total. The molecule has 1 fully saturated rings. The molecule has 0 spiro atoms. The summed E-state index contributed by atoms with van der Waals surface area (Å²) in [6.45, 7) is 1.74. The van der Waals surface area contributed by atoms with Crippen molar-refractivity contribution in [2.45, 2.75) is 0 Å². The van der Waals surface area contributed by atoms with E-state index < -0.39 is 10.3 Å². The number of piperazine rings is 1. The molecular weight excluding hydrogens is 170 g/mol. The molecular formula is C4H13N3O3S. The molecule has 0 aromatic heterocycles. The zero-order chi connectivity index (χ0) is 7.61. The fraction of sp³-hybridized carbons (Fsp3) is 1.00. The maximum absolute atomic E-state index is 10.3. The molecule has 1 heterocycles. The first kappa shape index (κ1) is 10.8. The zero-order valence-corrected chi connectivity index (χ0v) is 7.23. The van der Waals surface area contributed by atoms with Gasteiger partial charge in [-0.15, -0.1) is 0 Å². The van der Waals surface area contributed by atoms with E-state index in [9.17, 15) is 13.0 Å². The highest BCUT2D eigenvalue weighted by Crippen LogP contribution is 1.97. The van der Waals surface area contributed by atoms with Crippen LogP contribution in [0.1, 0.15) is 0 Å². The first-order valence-electron chi connectivity index (χ1n) is 3.02. The lowest BCUT2D eigenvalue weighted by Crippen LogP contribution is -2.46. The van der Waals surface area contributed by atoms with Gasteiger partial charge in [0.1, 0.15) is 0 Å². The lowest BCUT2D eigenvalue weighted by molar-refractivity contribution is 0.312. The standard InChI is InChI=1S/C4H10N2O3S.H3N/c7-10(8,9)6-3-1-5-2-4-6;/h5H,1-4H2,(H,7,8,9);1H3. The van der Waals surface area contributed by atoms with E-state index in [0.717, 1.165) is 4.31 Å². The van der Waals surface area contributed by atoms with Gasteiger partial charge in [0.2, 0.25) is 0 Å². The van der Waals surface area contributed by atoms with E-state index >= 15 is 0 Å². The van der Waals surface area contributed by atoms with E-state index in [1.165, 1.54) is 0 Å². The third kappa shape index (κ3) is 3.12. The van der Waals surface area contributed by atoms with Gasteiger partial charge in [0.25, 0.3) is 0 Å². The number of rotatable bonds is 1. The number of hydrogen-bond acceptors (Lipinski definition) is 4. The Labute approximate surface area is 66.0 Å². The van der Waals surface area contributed by atoms with Crippen molar-refractivity contribution in [2.24, 2.45) is 0 Å². The highest BCUT2D eigenvalue weighted by atomic mass is 32.2. The Morgan fingerprint density at radius 1 is 1.27 bits per heavy atom. The van der Waals surface area contributed by atoms with Gasteiger partial charge in [-0.2, -0.15) is 0 Å². The highest BCUT2D eigenvalue weighted by Gasteiger charge is 2.13. The molecule has 1 rings (SSSR count). The molecule has 1 aliphatic heterocycles. The van der Waals surface area contributed by atoms with Crippen LogP contribution in [-0.2, 0) is 10.3 Å². The van der Waals surface area contributed by atoms with Crippen molar-refractivity contribution in [1.29, 1.82) is 0 Å². The molecule has 0 amide bonds. The van der Waals surface area contributed by atoms with Crippen LogP contribution in [-0.4, -0.2) is 43.5 Å². The van der Waals surface area contributed by atoms with Crippen molar-refractivity contribution >= 4 is 10.3 Å². The van der Waals surface area contributed by atoms with Crippen LogP contribution in [0.4, 0.5) is 0 Å². The van der Waals surface area contributed by atoms with Gasteiger partial charge in [-0.1, -0.05) is 0 Å². The third-order valence-corrected chi connectivity index (χ3v) is 2.39. The van der Waals surface area contributed by atoms with Crippen molar-refractivity contribution in [3.05, 3.63) is 0 Å². The third-order valence-electron chi connectivity index (χ3n) is 1.39. The molecule has 68 valence electrons. The van der Waals surface area contributed by atoms with Crippen LogP contribution in [0.3, 0.4) is 0 Å². The van der Waals surface area contributed by atoms with Gasteiger partial charge >= 0.3 is 0 Å². The predicted octanol–water partition coefficient (Wildman–Crippen LogP) is -1.27. The summed E-state index contributed by atoms with van der Waals surface area (Å²) in [7, 11) is -4.18. The maximum atomic E-state index is 10.3. The minimum absolute atomic E-state index is 0. The van der Waals surface area contributed by atoms with E-state index in [0.29, 0.717) is 26.2 Å². The van der Waals surface area contributed by atoms with Gasteiger partial charge in [-0.3, -0.25) is 0 Å². The summed E-state index contributed by atoms with van der Waals surface area (Å²) in [5.41, 5.74) is 0. The van der Waals surface area contributed by atoms with Crippen LogP contribution in [0.2, 0.25) is 0 Å². The van der Waals surface area contributed by atoms with E-state index in [4.69, 9.17) is 0 Å². The van der Waals surface area contributed by atoms with Crippen LogP contribution in [0.5, 0.6) is 0 Å². The summed E-state index contributed by atoms with van der Waals surface area (Å²) in [5, 5.41) is 2.94. The Kier molecular flexibility index (Phi) is 3.90. The SMILES string of the molecule is O=S(=O)([O-])N1CCNCC1.[NH4+]. The maximum Gasteiger partial charge on any atom is 0.162 e. The number of quaternary nitrogens is 1. The first-order valence-corrected chi connectivity index (χ1v) is 4.39. The molecule has 0 radical (unpaired) electrons. The second kappa shape index (κ2) is 3.98. The second-order valence-electron chi connectivity index (χ2n) is 2.11. The average molecular weight is 183 g/mol. The molecule has 0 saturated carbocycles. The van der Waals surface area contributed by atoms with Gasteiger partial charge in [0.05, 0.1) is 0 Å². The Hall–Kier alpha value is -0.210. The molecule has 6 nitrogen and oxygen atoms in total.